The first kappa shape index (κ1) is 19.1. The number of hydrogen-bond donors (Lipinski definition) is 1. The molecule has 0 fully saturated rings. The predicted molar refractivity (Wildman–Crippen MR) is 87.8 cm³/mol. The van der Waals surface area contributed by atoms with Crippen LogP contribution in [0.2, 0.25) is 0 Å². The van der Waals surface area contributed by atoms with E-state index in [0.717, 1.165) is 11.1 Å². The summed E-state index contributed by atoms with van der Waals surface area (Å²) >= 11 is 0. The molecule has 6 heteroatoms. The molecule has 0 spiro atoms. The van der Waals surface area contributed by atoms with Crippen LogP contribution < -0.4 is 5.32 Å². The minimum Gasteiger partial charge on any atom is -0.359 e. The highest BCUT2D eigenvalue weighted by atomic mass is 16.7. The van der Waals surface area contributed by atoms with Crippen molar-refractivity contribution in [2.24, 2.45) is 5.92 Å². The summed E-state index contributed by atoms with van der Waals surface area (Å²) in [5.41, 5.74) is 2.15. The van der Waals surface area contributed by atoms with Crippen LogP contribution in [-0.4, -0.2) is 43.9 Å². The van der Waals surface area contributed by atoms with E-state index in [1.807, 2.05) is 38.1 Å². The Morgan fingerprint density at radius 2 is 1.91 bits per heavy atom. The van der Waals surface area contributed by atoms with Crippen molar-refractivity contribution in [3.05, 3.63) is 35.4 Å². The van der Waals surface area contributed by atoms with E-state index in [1.165, 1.54) is 11.8 Å². The average Bonchev–Trinajstić information content (AvgIpc) is 2.51. The molecule has 0 bridgehead atoms. The van der Waals surface area contributed by atoms with Crippen LogP contribution in [0.3, 0.4) is 0 Å². The molecule has 0 saturated heterocycles. The summed E-state index contributed by atoms with van der Waals surface area (Å²) in [6.45, 7) is 6.61. The van der Waals surface area contributed by atoms with Gasteiger partial charge in [0, 0.05) is 27.1 Å². The number of nitrogens with zero attached hydrogens (tertiary/aromatic N) is 1. The van der Waals surface area contributed by atoms with Gasteiger partial charge in [-0.3, -0.25) is 9.69 Å². The van der Waals surface area contributed by atoms with Crippen LogP contribution in [0.5, 0.6) is 0 Å². The molecule has 1 N–H and O–H groups in total. The van der Waals surface area contributed by atoms with E-state index < -0.39 is 6.03 Å². The van der Waals surface area contributed by atoms with Gasteiger partial charge in [0.05, 0.1) is 6.61 Å². The van der Waals surface area contributed by atoms with Gasteiger partial charge in [0.15, 0.2) is 0 Å². The zero-order valence-corrected chi connectivity index (χ0v) is 14.3. The number of hydrogen-bond acceptors (Lipinski definition) is 4. The summed E-state index contributed by atoms with van der Waals surface area (Å²) in [7, 11) is 1.55. The second kappa shape index (κ2) is 9.97. The molecule has 0 aliphatic carbocycles. The average molecular weight is 322 g/mol. The Hall–Kier alpha value is -1.92. The minimum atomic E-state index is -0.392. The van der Waals surface area contributed by atoms with Crippen LogP contribution in [0.25, 0.3) is 0 Å². The Kier molecular flexibility index (Phi) is 8.29. The lowest BCUT2D eigenvalue weighted by molar-refractivity contribution is -0.126. The number of nitrogens with one attached hydrogen (secondary N) is 1. The van der Waals surface area contributed by atoms with Gasteiger partial charge >= 0.3 is 6.03 Å². The Bertz CT molecular complexity index is 502. The Labute approximate surface area is 137 Å². The monoisotopic (exact) mass is 322 g/mol. The number of benzene rings is 1. The molecule has 1 aromatic rings. The molecule has 1 rings (SSSR count). The van der Waals surface area contributed by atoms with Crippen molar-refractivity contribution in [3.63, 3.8) is 0 Å². The summed E-state index contributed by atoms with van der Waals surface area (Å²) in [5.74, 6) is -0.260. The second-order valence-electron chi connectivity index (χ2n) is 5.66. The highest BCUT2D eigenvalue weighted by molar-refractivity contribution is 5.93. The molecule has 3 amide bonds. The molecule has 1 aromatic carbocycles. The Morgan fingerprint density at radius 1 is 1.26 bits per heavy atom. The van der Waals surface area contributed by atoms with Gasteiger partial charge in [-0.2, -0.15) is 0 Å². The number of carbonyl (C=O) groups is 2. The summed E-state index contributed by atoms with van der Waals surface area (Å²) in [6.07, 6.45) is 0. The molecule has 0 heterocycles. The highest BCUT2D eigenvalue weighted by Crippen LogP contribution is 2.05. The van der Waals surface area contributed by atoms with Gasteiger partial charge in [-0.1, -0.05) is 36.8 Å². The van der Waals surface area contributed by atoms with Gasteiger partial charge in [-0.05, 0) is 18.4 Å². The van der Waals surface area contributed by atoms with Crippen LogP contribution in [0.1, 0.15) is 25.0 Å². The molecule has 1 atom stereocenters. The molecule has 0 saturated carbocycles. The summed E-state index contributed by atoms with van der Waals surface area (Å²) < 4.78 is 10.1. The number of aryl methyl sites for hydroxylation is 1. The lowest BCUT2D eigenvalue weighted by Crippen LogP contribution is -2.45. The molecule has 0 unspecified atom stereocenters. The first-order chi connectivity index (χ1) is 10.9. The SMILES string of the molecule is COCOC[C@@H](C)CN(C(C)=O)C(=O)NCc1ccc(C)cc1. The van der Waals surface area contributed by atoms with Gasteiger partial charge < -0.3 is 14.8 Å². The van der Waals surface area contributed by atoms with Gasteiger partial charge in [-0.25, -0.2) is 4.79 Å². The lowest BCUT2D eigenvalue weighted by atomic mass is 10.1. The zero-order valence-electron chi connectivity index (χ0n) is 14.3. The third-order valence-electron chi connectivity index (χ3n) is 3.29. The van der Waals surface area contributed by atoms with Crippen molar-refractivity contribution >= 4 is 11.9 Å². The van der Waals surface area contributed by atoms with Gasteiger partial charge in [0.25, 0.3) is 0 Å². The van der Waals surface area contributed by atoms with Crippen molar-refractivity contribution in [1.29, 1.82) is 0 Å². The van der Waals surface area contributed by atoms with E-state index in [2.05, 4.69) is 5.32 Å². The standard InChI is InChI=1S/C17H26N2O4/c1-13-5-7-16(8-6-13)9-18-17(21)19(15(3)20)10-14(2)11-23-12-22-4/h5-8,14H,9-12H2,1-4H3,(H,18,21)/t14-/m0/s1. The van der Waals surface area contributed by atoms with Gasteiger partial charge in [-0.15, -0.1) is 0 Å². The smallest absolute Gasteiger partial charge is 0.324 e. The molecule has 0 aliphatic heterocycles. The van der Waals surface area contributed by atoms with E-state index >= 15 is 0 Å². The third kappa shape index (κ3) is 7.25. The fourth-order valence-corrected chi connectivity index (χ4v) is 2.03. The Morgan fingerprint density at radius 3 is 2.48 bits per heavy atom. The second-order valence-corrected chi connectivity index (χ2v) is 5.66. The third-order valence-corrected chi connectivity index (χ3v) is 3.29. The molecule has 0 radical (unpaired) electrons. The van der Waals surface area contributed by atoms with Gasteiger partial charge in [0.1, 0.15) is 6.79 Å². The highest BCUT2D eigenvalue weighted by Gasteiger charge is 2.20. The molecule has 6 nitrogen and oxygen atoms in total. The number of urea groups is 1. The Balaban J connectivity index is 2.50. The number of carbonyl (C=O) groups excluding carboxylic acids is 2. The summed E-state index contributed by atoms with van der Waals surface area (Å²) in [6, 6.07) is 7.49. The van der Waals surface area contributed by atoms with Crippen molar-refractivity contribution in [1.82, 2.24) is 10.2 Å². The van der Waals surface area contributed by atoms with Crippen molar-refractivity contribution in [2.45, 2.75) is 27.3 Å². The fourth-order valence-electron chi connectivity index (χ4n) is 2.03. The van der Waals surface area contributed by atoms with Gasteiger partial charge in [0.2, 0.25) is 5.91 Å². The predicted octanol–water partition coefficient (Wildman–Crippen LogP) is 2.31. The number of rotatable bonds is 8. The first-order valence-corrected chi connectivity index (χ1v) is 7.62. The number of imide groups is 1. The molecule has 0 aliphatic rings. The van der Waals surface area contributed by atoms with Crippen molar-refractivity contribution < 1.29 is 19.1 Å². The van der Waals surface area contributed by atoms with Crippen molar-refractivity contribution in [2.75, 3.05) is 27.1 Å². The maximum absolute atomic E-state index is 12.2. The number of ether oxygens (including phenoxy) is 2. The number of amides is 3. The summed E-state index contributed by atoms with van der Waals surface area (Å²) in [4.78, 5) is 25.1. The quantitative estimate of drug-likeness (QED) is 0.589. The molecule has 0 aromatic heterocycles. The van der Waals surface area contributed by atoms with E-state index in [9.17, 15) is 9.59 Å². The van der Waals surface area contributed by atoms with E-state index in [-0.39, 0.29) is 18.6 Å². The summed E-state index contributed by atoms with van der Waals surface area (Å²) in [5, 5.41) is 2.77. The van der Waals surface area contributed by atoms with Crippen LogP contribution in [-0.2, 0) is 20.8 Å². The maximum Gasteiger partial charge on any atom is 0.324 e. The minimum absolute atomic E-state index is 0.0270. The van der Waals surface area contributed by atoms with Crippen LogP contribution >= 0.6 is 0 Å². The number of methoxy groups -OCH3 is 1. The molecular weight excluding hydrogens is 296 g/mol. The van der Waals surface area contributed by atoms with Crippen LogP contribution in [0, 0.1) is 12.8 Å². The zero-order chi connectivity index (χ0) is 17.2. The van der Waals surface area contributed by atoms with E-state index in [4.69, 9.17) is 9.47 Å². The maximum atomic E-state index is 12.2. The largest absolute Gasteiger partial charge is 0.359 e. The van der Waals surface area contributed by atoms with E-state index in [0.29, 0.717) is 19.7 Å². The lowest BCUT2D eigenvalue weighted by Gasteiger charge is -2.23. The van der Waals surface area contributed by atoms with Crippen LogP contribution in [0.4, 0.5) is 4.79 Å². The molecule has 128 valence electrons. The fraction of sp³-hybridized carbons (Fsp3) is 0.529. The van der Waals surface area contributed by atoms with Crippen LogP contribution in [0.15, 0.2) is 24.3 Å². The molecular formula is C17H26N2O4. The molecule has 23 heavy (non-hydrogen) atoms. The van der Waals surface area contributed by atoms with E-state index in [1.54, 1.807) is 7.11 Å². The normalized spacial score (nSPS) is 11.8. The first-order valence-electron chi connectivity index (χ1n) is 7.62. The topological polar surface area (TPSA) is 67.9 Å². The van der Waals surface area contributed by atoms with Crippen molar-refractivity contribution in [3.8, 4) is 0 Å².